The molecule has 0 N–H and O–H groups in total. The van der Waals surface area contributed by atoms with Crippen molar-refractivity contribution in [2.75, 3.05) is 0 Å². The van der Waals surface area contributed by atoms with Gasteiger partial charge in [-0.15, -0.1) is 0 Å². The van der Waals surface area contributed by atoms with Crippen LogP contribution in [0.1, 0.15) is 60.9 Å². The number of nitrogens with zero attached hydrogens (tertiary/aromatic N) is 1. The lowest BCUT2D eigenvalue weighted by atomic mass is 9.81. The zero-order valence-corrected chi connectivity index (χ0v) is 16.3. The van der Waals surface area contributed by atoms with E-state index in [0.717, 1.165) is 12.8 Å². The predicted molar refractivity (Wildman–Crippen MR) is 109 cm³/mol. The molecule has 132 valence electrons. The second kappa shape index (κ2) is 5.13. The van der Waals surface area contributed by atoms with Crippen molar-refractivity contribution >= 4 is 0 Å². The lowest BCUT2D eigenvalue weighted by Gasteiger charge is -2.44. The molecule has 1 aromatic rings. The van der Waals surface area contributed by atoms with Crippen LogP contribution in [-0.2, 0) is 0 Å². The first-order valence-electron chi connectivity index (χ1n) is 9.78. The van der Waals surface area contributed by atoms with E-state index in [-0.39, 0.29) is 5.54 Å². The van der Waals surface area contributed by atoms with Crippen LogP contribution in [0.25, 0.3) is 0 Å². The molecule has 0 saturated heterocycles. The number of fused-ring (bicyclic) bond motifs is 6. The Labute approximate surface area is 157 Å². The summed E-state index contributed by atoms with van der Waals surface area (Å²) in [6.07, 6.45) is 14.0. The molecule has 1 heteroatoms. The van der Waals surface area contributed by atoms with Crippen molar-refractivity contribution in [3.8, 4) is 0 Å². The maximum atomic E-state index is 4.48. The van der Waals surface area contributed by atoms with Crippen molar-refractivity contribution in [1.29, 1.82) is 0 Å². The summed E-state index contributed by atoms with van der Waals surface area (Å²) < 4.78 is 0. The molecule has 0 aromatic heterocycles. The molecule has 0 bridgehead atoms. The van der Waals surface area contributed by atoms with Gasteiger partial charge < -0.3 is 4.90 Å². The Bertz CT molecular complexity index is 968. The first-order chi connectivity index (χ1) is 12.4. The van der Waals surface area contributed by atoms with Gasteiger partial charge in [0.05, 0.1) is 11.6 Å². The highest BCUT2D eigenvalue weighted by Gasteiger charge is 2.64. The summed E-state index contributed by atoms with van der Waals surface area (Å²) in [5.41, 5.74) is 11.5. The number of allylic oxidation sites excluding steroid dienone is 6. The highest BCUT2D eigenvalue weighted by molar-refractivity contribution is 5.66. The normalized spacial score (nSPS) is 31.5. The van der Waals surface area contributed by atoms with Gasteiger partial charge >= 0.3 is 0 Å². The van der Waals surface area contributed by atoms with Gasteiger partial charge in [-0.25, -0.2) is 0 Å². The summed E-state index contributed by atoms with van der Waals surface area (Å²) >= 11 is 0. The van der Waals surface area contributed by atoms with Crippen LogP contribution in [0.3, 0.4) is 0 Å². The molecule has 1 aromatic carbocycles. The SMILES string of the molecule is C=C1C2c3c(C)cc(C)cc3C3C=C(C)C(C4=CC=CCC4)=CN3C12C. The molecule has 2 aliphatic carbocycles. The maximum absolute atomic E-state index is 4.48. The lowest BCUT2D eigenvalue weighted by molar-refractivity contribution is 0.214. The smallest absolute Gasteiger partial charge is 0.0739 e. The largest absolute Gasteiger partial charge is 0.356 e. The predicted octanol–water partition coefficient (Wildman–Crippen LogP) is 6.19. The minimum absolute atomic E-state index is 0.0607. The molecule has 0 amide bonds. The van der Waals surface area contributed by atoms with Gasteiger partial charge in [0.1, 0.15) is 0 Å². The van der Waals surface area contributed by atoms with Crippen molar-refractivity contribution in [3.63, 3.8) is 0 Å². The number of hydrogen-bond donors (Lipinski definition) is 0. The average molecular weight is 341 g/mol. The van der Waals surface area contributed by atoms with E-state index in [2.05, 4.69) is 81.8 Å². The van der Waals surface area contributed by atoms with Crippen LogP contribution in [-0.4, -0.2) is 10.4 Å². The van der Waals surface area contributed by atoms with E-state index < -0.39 is 0 Å². The molecular weight excluding hydrogens is 314 g/mol. The third-order valence-electron chi connectivity index (χ3n) is 6.94. The molecular formula is C25H27N. The van der Waals surface area contributed by atoms with E-state index in [4.69, 9.17) is 0 Å². The van der Waals surface area contributed by atoms with E-state index in [9.17, 15) is 0 Å². The van der Waals surface area contributed by atoms with Gasteiger partial charge in [0, 0.05) is 12.1 Å². The quantitative estimate of drug-likeness (QED) is 0.550. The summed E-state index contributed by atoms with van der Waals surface area (Å²) in [5, 5.41) is 0. The Balaban J connectivity index is 1.70. The standard InChI is InChI=1S/C25H27N/c1-15-11-17(3)23-20(12-15)22-13-16(2)21(19-9-7-6-8-10-19)14-26(22)25(5)18(4)24(23)25/h6-7,9,11-14,22,24H,4,8,10H2,1-3,5H3. The number of rotatable bonds is 1. The molecule has 26 heavy (non-hydrogen) atoms. The Morgan fingerprint density at radius 3 is 2.73 bits per heavy atom. The second-order valence-corrected chi connectivity index (χ2v) is 8.59. The Morgan fingerprint density at radius 2 is 2.00 bits per heavy atom. The topological polar surface area (TPSA) is 3.24 Å². The zero-order chi connectivity index (χ0) is 18.2. The average Bonchev–Trinajstić information content (AvgIpc) is 3.17. The van der Waals surface area contributed by atoms with Gasteiger partial charge in [0.15, 0.2) is 0 Å². The van der Waals surface area contributed by atoms with Crippen molar-refractivity contribution in [2.45, 2.75) is 58.0 Å². The molecule has 0 radical (unpaired) electrons. The number of hydrogen-bond acceptors (Lipinski definition) is 1. The number of aryl methyl sites for hydroxylation is 2. The maximum Gasteiger partial charge on any atom is 0.0739 e. The van der Waals surface area contributed by atoms with Crippen LogP contribution < -0.4 is 0 Å². The fraction of sp³-hybridized carbons (Fsp3) is 0.360. The molecule has 5 rings (SSSR count). The summed E-state index contributed by atoms with van der Waals surface area (Å²) in [6, 6.07) is 5.06. The van der Waals surface area contributed by atoms with Crippen LogP contribution in [0.2, 0.25) is 0 Å². The molecule has 0 spiro atoms. The molecule has 2 heterocycles. The van der Waals surface area contributed by atoms with Crippen molar-refractivity contribution in [1.82, 2.24) is 4.90 Å². The van der Waals surface area contributed by atoms with Gasteiger partial charge in [0.25, 0.3) is 0 Å². The van der Waals surface area contributed by atoms with E-state index in [1.807, 2.05) is 0 Å². The van der Waals surface area contributed by atoms with Gasteiger partial charge in [-0.3, -0.25) is 0 Å². The minimum atomic E-state index is 0.0607. The van der Waals surface area contributed by atoms with E-state index in [1.165, 1.54) is 44.5 Å². The molecule has 4 aliphatic rings. The van der Waals surface area contributed by atoms with Crippen LogP contribution >= 0.6 is 0 Å². The minimum Gasteiger partial charge on any atom is -0.356 e. The fourth-order valence-corrected chi connectivity index (χ4v) is 5.48. The summed E-state index contributed by atoms with van der Waals surface area (Å²) in [4.78, 5) is 2.60. The molecule has 2 aliphatic heterocycles. The zero-order valence-electron chi connectivity index (χ0n) is 16.3. The third-order valence-corrected chi connectivity index (χ3v) is 6.94. The van der Waals surface area contributed by atoms with Gasteiger partial charge in [0.2, 0.25) is 0 Å². The summed E-state index contributed by atoms with van der Waals surface area (Å²) in [6.45, 7) is 13.6. The summed E-state index contributed by atoms with van der Waals surface area (Å²) in [5.74, 6) is 0.471. The fourth-order valence-electron chi connectivity index (χ4n) is 5.48. The molecule has 1 saturated carbocycles. The van der Waals surface area contributed by atoms with Crippen LogP contribution in [0.5, 0.6) is 0 Å². The van der Waals surface area contributed by atoms with Crippen molar-refractivity contribution in [2.24, 2.45) is 0 Å². The second-order valence-electron chi connectivity index (χ2n) is 8.59. The van der Waals surface area contributed by atoms with Crippen molar-refractivity contribution in [3.05, 3.63) is 93.8 Å². The van der Waals surface area contributed by atoms with Gasteiger partial charge in [-0.1, -0.05) is 48.6 Å². The highest BCUT2D eigenvalue weighted by Crippen LogP contribution is 2.67. The van der Waals surface area contributed by atoms with Crippen LogP contribution in [0, 0.1) is 13.8 Å². The van der Waals surface area contributed by atoms with E-state index >= 15 is 0 Å². The molecule has 3 unspecified atom stereocenters. The monoisotopic (exact) mass is 341 g/mol. The van der Waals surface area contributed by atoms with E-state index in [1.54, 1.807) is 0 Å². The van der Waals surface area contributed by atoms with Crippen LogP contribution in [0.4, 0.5) is 0 Å². The van der Waals surface area contributed by atoms with Crippen LogP contribution in [0.15, 0.2) is 71.5 Å². The third kappa shape index (κ3) is 1.92. The van der Waals surface area contributed by atoms with Crippen molar-refractivity contribution < 1.29 is 0 Å². The Kier molecular flexibility index (Phi) is 3.14. The van der Waals surface area contributed by atoms with Gasteiger partial charge in [-0.05, 0) is 79.5 Å². The first kappa shape index (κ1) is 15.9. The lowest BCUT2D eigenvalue weighted by Crippen LogP contribution is -2.40. The molecule has 1 fully saturated rings. The summed E-state index contributed by atoms with van der Waals surface area (Å²) in [7, 11) is 0. The van der Waals surface area contributed by atoms with Gasteiger partial charge in [-0.2, -0.15) is 0 Å². The highest BCUT2D eigenvalue weighted by atomic mass is 15.3. The Morgan fingerprint density at radius 1 is 1.19 bits per heavy atom. The Hall–Kier alpha value is -2.28. The molecule has 1 nitrogen and oxygen atoms in total. The van der Waals surface area contributed by atoms with E-state index in [0.29, 0.717) is 12.0 Å². The number of benzene rings is 1. The molecule has 3 atom stereocenters. The first-order valence-corrected chi connectivity index (χ1v) is 9.78.